The van der Waals surface area contributed by atoms with Crippen LogP contribution in [0, 0.1) is 11.8 Å². The lowest BCUT2D eigenvalue weighted by molar-refractivity contribution is -0.129. The number of carbonyl (C=O) groups is 2. The summed E-state index contributed by atoms with van der Waals surface area (Å²) in [5.41, 5.74) is 0.717. The van der Waals surface area contributed by atoms with E-state index in [9.17, 15) is 18.0 Å². The van der Waals surface area contributed by atoms with Crippen molar-refractivity contribution in [1.82, 2.24) is 19.2 Å². The summed E-state index contributed by atoms with van der Waals surface area (Å²) in [6.07, 6.45) is 4.26. The molecule has 3 atom stereocenters. The smallest absolute Gasteiger partial charge is 0.274 e. The predicted octanol–water partition coefficient (Wildman–Crippen LogP) is 0.873. The molecule has 0 aromatic carbocycles. The van der Waals surface area contributed by atoms with Gasteiger partial charge in [-0.1, -0.05) is 13.8 Å². The van der Waals surface area contributed by atoms with Gasteiger partial charge in [-0.05, 0) is 12.3 Å². The molecule has 26 heavy (non-hydrogen) atoms. The monoisotopic (exact) mass is 400 g/mol. The minimum absolute atomic E-state index is 0.0974. The zero-order valence-corrected chi connectivity index (χ0v) is 16.4. The Balaban J connectivity index is 1.95. The fraction of sp³-hybridized carbons (Fsp3) is 0.625. The maximum Gasteiger partial charge on any atom is 0.274 e. The van der Waals surface area contributed by atoms with E-state index in [2.05, 4.69) is 9.97 Å². The van der Waals surface area contributed by atoms with Gasteiger partial charge in [-0.15, -0.1) is 11.6 Å². The van der Waals surface area contributed by atoms with Crippen molar-refractivity contribution in [3.63, 3.8) is 0 Å². The fourth-order valence-electron chi connectivity index (χ4n) is 3.95. The number of fused-ring (bicyclic) bond motifs is 1. The van der Waals surface area contributed by atoms with Gasteiger partial charge < -0.3 is 4.90 Å². The molecule has 0 unspecified atom stereocenters. The van der Waals surface area contributed by atoms with E-state index in [1.54, 1.807) is 4.90 Å². The minimum Gasteiger partial charge on any atom is -0.331 e. The molecule has 10 heteroatoms. The number of aromatic nitrogens is 2. The van der Waals surface area contributed by atoms with E-state index in [1.165, 1.54) is 12.4 Å². The van der Waals surface area contributed by atoms with E-state index in [-0.39, 0.29) is 23.4 Å². The minimum atomic E-state index is -3.69. The van der Waals surface area contributed by atoms with Crippen LogP contribution in [-0.2, 0) is 20.7 Å². The van der Waals surface area contributed by atoms with Crippen LogP contribution in [0.5, 0.6) is 0 Å². The Bertz CT molecular complexity index is 827. The van der Waals surface area contributed by atoms with Crippen molar-refractivity contribution in [2.75, 3.05) is 12.8 Å². The van der Waals surface area contributed by atoms with Crippen LogP contribution in [0.2, 0.25) is 0 Å². The standard InChI is InChI=1S/C16H21ClN4O4S/c1-9(2)13-14-12(21(16(13)23)26(3,24)25)4-5-20(14)15(22)11-8-18-10(6-17)7-19-11/h7-9,12-14H,4-6H2,1-3H3/t12-,13+,14-/m1/s1. The Morgan fingerprint density at radius 3 is 2.54 bits per heavy atom. The van der Waals surface area contributed by atoms with E-state index in [1.807, 2.05) is 13.8 Å². The van der Waals surface area contributed by atoms with Crippen LogP contribution in [0.3, 0.4) is 0 Å². The van der Waals surface area contributed by atoms with Crippen molar-refractivity contribution in [1.29, 1.82) is 0 Å². The highest BCUT2D eigenvalue weighted by Gasteiger charge is 2.58. The number of amides is 2. The first-order valence-corrected chi connectivity index (χ1v) is 10.8. The average Bonchev–Trinajstić information content (AvgIpc) is 3.09. The zero-order chi connectivity index (χ0) is 19.2. The normalized spacial score (nSPS) is 25.9. The third kappa shape index (κ3) is 3.07. The average molecular weight is 401 g/mol. The van der Waals surface area contributed by atoms with Gasteiger partial charge in [-0.25, -0.2) is 17.7 Å². The summed E-state index contributed by atoms with van der Waals surface area (Å²) >= 11 is 5.69. The maximum atomic E-state index is 12.9. The summed E-state index contributed by atoms with van der Waals surface area (Å²) in [6.45, 7) is 4.10. The first kappa shape index (κ1) is 19.0. The maximum absolute atomic E-state index is 12.9. The molecule has 2 fully saturated rings. The zero-order valence-electron chi connectivity index (χ0n) is 14.8. The molecule has 0 saturated carbocycles. The second-order valence-electron chi connectivity index (χ2n) is 7.04. The van der Waals surface area contributed by atoms with Crippen LogP contribution in [-0.4, -0.2) is 64.3 Å². The lowest BCUT2D eigenvalue weighted by Crippen LogP contribution is -2.44. The first-order valence-electron chi connectivity index (χ1n) is 8.38. The second kappa shape index (κ2) is 6.77. The molecule has 2 aliphatic rings. The second-order valence-corrected chi connectivity index (χ2v) is 9.17. The van der Waals surface area contributed by atoms with Crippen LogP contribution >= 0.6 is 11.6 Å². The summed E-state index contributed by atoms with van der Waals surface area (Å²) < 4.78 is 25.2. The lowest BCUT2D eigenvalue weighted by atomic mass is 9.88. The van der Waals surface area contributed by atoms with Gasteiger partial charge in [0.15, 0.2) is 0 Å². The molecular weight excluding hydrogens is 380 g/mol. The van der Waals surface area contributed by atoms with Crippen molar-refractivity contribution < 1.29 is 18.0 Å². The number of hydrogen-bond donors (Lipinski definition) is 0. The highest BCUT2D eigenvalue weighted by molar-refractivity contribution is 7.88. The molecule has 142 valence electrons. The number of sulfonamides is 1. The fourth-order valence-corrected chi connectivity index (χ4v) is 5.26. The van der Waals surface area contributed by atoms with Gasteiger partial charge in [-0.2, -0.15) is 0 Å². The molecule has 2 amide bonds. The summed E-state index contributed by atoms with van der Waals surface area (Å²) in [5.74, 6) is -1.24. The van der Waals surface area contributed by atoms with Crippen LogP contribution in [0.1, 0.15) is 36.5 Å². The SMILES string of the molecule is CC(C)[C@@H]1C(=O)N(S(C)(=O)=O)[C@@H]2CCN(C(=O)c3cnc(CCl)cn3)[C@H]21. The van der Waals surface area contributed by atoms with Crippen LogP contribution in [0.15, 0.2) is 12.4 Å². The summed E-state index contributed by atoms with van der Waals surface area (Å²) in [4.78, 5) is 35.5. The van der Waals surface area contributed by atoms with Crippen molar-refractivity contribution in [2.45, 2.75) is 38.2 Å². The molecule has 0 N–H and O–H groups in total. The molecular formula is C16H21ClN4O4S. The predicted molar refractivity (Wildman–Crippen MR) is 94.8 cm³/mol. The number of alkyl halides is 1. The summed E-state index contributed by atoms with van der Waals surface area (Å²) in [5, 5.41) is 0. The Morgan fingerprint density at radius 1 is 1.35 bits per heavy atom. The van der Waals surface area contributed by atoms with E-state index in [0.29, 0.717) is 18.7 Å². The molecule has 3 heterocycles. The topological polar surface area (TPSA) is 101 Å². The molecule has 0 aliphatic carbocycles. The van der Waals surface area contributed by atoms with Crippen LogP contribution in [0.4, 0.5) is 0 Å². The third-order valence-corrected chi connectivity index (χ3v) is 6.43. The largest absolute Gasteiger partial charge is 0.331 e. The third-order valence-electron chi connectivity index (χ3n) is 4.99. The highest BCUT2D eigenvalue weighted by Crippen LogP contribution is 2.41. The lowest BCUT2D eigenvalue weighted by Gasteiger charge is -2.28. The van der Waals surface area contributed by atoms with E-state index < -0.39 is 33.9 Å². The highest BCUT2D eigenvalue weighted by atomic mass is 35.5. The number of halogens is 1. The van der Waals surface area contributed by atoms with E-state index >= 15 is 0 Å². The van der Waals surface area contributed by atoms with Crippen molar-refractivity contribution in [2.24, 2.45) is 11.8 Å². The Hall–Kier alpha value is -1.74. The van der Waals surface area contributed by atoms with Crippen molar-refractivity contribution >= 4 is 33.4 Å². The number of carbonyl (C=O) groups excluding carboxylic acids is 2. The first-order chi connectivity index (χ1) is 12.2. The van der Waals surface area contributed by atoms with Gasteiger partial charge in [0, 0.05) is 6.54 Å². The van der Waals surface area contributed by atoms with Crippen LogP contribution in [0.25, 0.3) is 0 Å². The molecule has 2 aliphatic heterocycles. The molecule has 0 spiro atoms. The van der Waals surface area contributed by atoms with Gasteiger partial charge in [-0.3, -0.25) is 14.6 Å². The van der Waals surface area contributed by atoms with Gasteiger partial charge in [0.1, 0.15) is 5.69 Å². The van der Waals surface area contributed by atoms with Gasteiger partial charge in [0.05, 0.1) is 48.2 Å². The van der Waals surface area contributed by atoms with E-state index in [0.717, 1.165) is 10.6 Å². The number of likely N-dealkylation sites (tertiary alicyclic amines) is 1. The molecule has 1 aromatic heterocycles. The quantitative estimate of drug-likeness (QED) is 0.695. The Kier molecular flexibility index (Phi) is 4.96. The molecule has 3 rings (SSSR count). The number of nitrogens with zero attached hydrogens (tertiary/aromatic N) is 4. The number of hydrogen-bond acceptors (Lipinski definition) is 6. The van der Waals surface area contributed by atoms with Gasteiger partial charge >= 0.3 is 0 Å². The van der Waals surface area contributed by atoms with Gasteiger partial charge in [0.25, 0.3) is 5.91 Å². The molecule has 1 aromatic rings. The summed E-state index contributed by atoms with van der Waals surface area (Å²) in [6, 6.07) is -1.01. The number of rotatable bonds is 4. The molecule has 8 nitrogen and oxygen atoms in total. The Morgan fingerprint density at radius 2 is 2.04 bits per heavy atom. The molecule has 0 bridgehead atoms. The summed E-state index contributed by atoms with van der Waals surface area (Å²) in [7, 11) is -3.69. The van der Waals surface area contributed by atoms with Crippen LogP contribution < -0.4 is 0 Å². The molecule has 0 radical (unpaired) electrons. The Labute approximate surface area is 157 Å². The van der Waals surface area contributed by atoms with Gasteiger partial charge in [0.2, 0.25) is 15.9 Å². The molecule has 2 saturated heterocycles. The van der Waals surface area contributed by atoms with E-state index in [4.69, 9.17) is 11.6 Å². The van der Waals surface area contributed by atoms with Crippen molar-refractivity contribution in [3.05, 3.63) is 23.8 Å². The van der Waals surface area contributed by atoms with Crippen molar-refractivity contribution in [3.8, 4) is 0 Å².